The molecule has 0 N–H and O–H groups in total. The maximum absolute atomic E-state index is 12.7. The van der Waals surface area contributed by atoms with E-state index in [1.165, 1.54) is 7.11 Å². The third-order valence-electron chi connectivity index (χ3n) is 3.85. The van der Waals surface area contributed by atoms with Crippen LogP contribution in [0.1, 0.15) is 37.0 Å². The Kier molecular flexibility index (Phi) is 4.21. The topological polar surface area (TPSA) is 61.8 Å². The number of fused-ring (bicyclic) bond motifs is 1. The SMILES string of the molecule is COC(=O)CCC1C(=O)c2ccc(OC)cc2OC1(C)C. The highest BCUT2D eigenvalue weighted by molar-refractivity contribution is 6.02. The molecule has 2 rings (SSSR count). The molecule has 1 heterocycles. The summed E-state index contributed by atoms with van der Waals surface area (Å²) in [6, 6.07) is 5.15. The van der Waals surface area contributed by atoms with Crippen LogP contribution in [0.2, 0.25) is 0 Å². The summed E-state index contributed by atoms with van der Waals surface area (Å²) in [4.78, 5) is 24.0. The molecule has 5 heteroatoms. The lowest BCUT2D eigenvalue weighted by atomic mass is 9.78. The lowest BCUT2D eigenvalue weighted by Gasteiger charge is -2.38. The minimum absolute atomic E-state index is 0.00666. The minimum atomic E-state index is -0.676. The summed E-state index contributed by atoms with van der Waals surface area (Å²) < 4.78 is 15.7. The third-order valence-corrected chi connectivity index (χ3v) is 3.85. The van der Waals surface area contributed by atoms with Gasteiger partial charge in [0.25, 0.3) is 0 Å². The second-order valence-electron chi connectivity index (χ2n) is 5.60. The van der Waals surface area contributed by atoms with Gasteiger partial charge in [-0.25, -0.2) is 0 Å². The molecule has 1 atom stereocenters. The molecule has 1 aromatic carbocycles. The fourth-order valence-corrected chi connectivity index (χ4v) is 2.62. The fraction of sp³-hybridized carbons (Fsp3) is 0.500. The van der Waals surface area contributed by atoms with Gasteiger partial charge in [0.15, 0.2) is 5.78 Å². The molecule has 21 heavy (non-hydrogen) atoms. The van der Waals surface area contributed by atoms with E-state index in [1.54, 1.807) is 25.3 Å². The van der Waals surface area contributed by atoms with Crippen LogP contribution in [-0.2, 0) is 9.53 Å². The molecule has 1 aliphatic heterocycles. The molecule has 0 saturated heterocycles. The average molecular weight is 292 g/mol. The number of hydrogen-bond acceptors (Lipinski definition) is 5. The van der Waals surface area contributed by atoms with Crippen molar-refractivity contribution < 1.29 is 23.8 Å². The van der Waals surface area contributed by atoms with Gasteiger partial charge >= 0.3 is 5.97 Å². The van der Waals surface area contributed by atoms with Gasteiger partial charge < -0.3 is 14.2 Å². The molecule has 0 fully saturated rings. The van der Waals surface area contributed by atoms with Gasteiger partial charge in [0.05, 0.1) is 25.7 Å². The summed E-state index contributed by atoms with van der Waals surface area (Å²) >= 11 is 0. The van der Waals surface area contributed by atoms with E-state index in [1.807, 2.05) is 13.8 Å². The third kappa shape index (κ3) is 3.01. The van der Waals surface area contributed by atoms with Crippen molar-refractivity contribution in [3.05, 3.63) is 23.8 Å². The first-order chi connectivity index (χ1) is 9.89. The van der Waals surface area contributed by atoms with E-state index in [0.717, 1.165) is 0 Å². The largest absolute Gasteiger partial charge is 0.497 e. The van der Waals surface area contributed by atoms with Crippen molar-refractivity contribution in [2.24, 2.45) is 5.92 Å². The maximum Gasteiger partial charge on any atom is 0.305 e. The minimum Gasteiger partial charge on any atom is -0.497 e. The van der Waals surface area contributed by atoms with Gasteiger partial charge in [-0.1, -0.05) is 0 Å². The zero-order valence-corrected chi connectivity index (χ0v) is 12.8. The highest BCUT2D eigenvalue weighted by Crippen LogP contribution is 2.40. The Labute approximate surface area is 124 Å². The number of ether oxygens (including phenoxy) is 3. The van der Waals surface area contributed by atoms with Crippen LogP contribution in [0.5, 0.6) is 11.5 Å². The van der Waals surface area contributed by atoms with Crippen molar-refractivity contribution >= 4 is 11.8 Å². The molecule has 0 bridgehead atoms. The van der Waals surface area contributed by atoms with Gasteiger partial charge in [0.1, 0.15) is 17.1 Å². The lowest BCUT2D eigenvalue weighted by molar-refractivity contribution is -0.141. The van der Waals surface area contributed by atoms with Gasteiger partial charge in [-0.2, -0.15) is 0 Å². The van der Waals surface area contributed by atoms with Crippen LogP contribution in [0.4, 0.5) is 0 Å². The van der Waals surface area contributed by atoms with Crippen LogP contribution in [0.3, 0.4) is 0 Å². The number of methoxy groups -OCH3 is 2. The predicted molar refractivity (Wildman–Crippen MR) is 76.8 cm³/mol. The standard InChI is InChI=1S/C16H20O5/c1-16(2)12(7-8-14(17)20-4)15(18)11-6-5-10(19-3)9-13(11)21-16/h5-6,9,12H,7-8H2,1-4H3. The van der Waals surface area contributed by atoms with Crippen LogP contribution >= 0.6 is 0 Å². The fourth-order valence-electron chi connectivity index (χ4n) is 2.62. The summed E-state index contributed by atoms with van der Waals surface area (Å²) in [6.07, 6.45) is 0.606. The molecule has 1 aliphatic rings. The molecule has 0 aliphatic carbocycles. The van der Waals surface area contributed by atoms with Crippen molar-refractivity contribution in [3.8, 4) is 11.5 Å². The molecule has 0 spiro atoms. The first-order valence-electron chi connectivity index (χ1n) is 6.87. The smallest absolute Gasteiger partial charge is 0.305 e. The van der Waals surface area contributed by atoms with Crippen molar-refractivity contribution in [1.29, 1.82) is 0 Å². The van der Waals surface area contributed by atoms with E-state index in [2.05, 4.69) is 4.74 Å². The highest BCUT2D eigenvalue weighted by atomic mass is 16.5. The van der Waals surface area contributed by atoms with E-state index in [0.29, 0.717) is 23.5 Å². The van der Waals surface area contributed by atoms with Crippen LogP contribution in [0, 0.1) is 5.92 Å². The predicted octanol–water partition coefficient (Wildman–Crippen LogP) is 2.62. The number of rotatable bonds is 4. The van der Waals surface area contributed by atoms with Gasteiger partial charge in [-0.15, -0.1) is 0 Å². The van der Waals surface area contributed by atoms with E-state index < -0.39 is 5.60 Å². The monoisotopic (exact) mass is 292 g/mol. The van der Waals surface area contributed by atoms with E-state index in [4.69, 9.17) is 9.47 Å². The molecule has 0 amide bonds. The number of ketones is 1. The summed E-state index contributed by atoms with van der Waals surface area (Å²) in [5.41, 5.74) is -0.144. The Morgan fingerprint density at radius 3 is 2.67 bits per heavy atom. The molecule has 114 valence electrons. The van der Waals surface area contributed by atoms with Crippen LogP contribution < -0.4 is 9.47 Å². The normalized spacial score (nSPS) is 19.4. The summed E-state index contributed by atoms with van der Waals surface area (Å²) in [6.45, 7) is 3.71. The van der Waals surface area contributed by atoms with E-state index in [-0.39, 0.29) is 24.1 Å². The van der Waals surface area contributed by atoms with Crippen LogP contribution in [0.25, 0.3) is 0 Å². The van der Waals surface area contributed by atoms with Crippen LogP contribution in [0.15, 0.2) is 18.2 Å². The molecule has 0 radical (unpaired) electrons. The van der Waals surface area contributed by atoms with Gasteiger partial charge in [0, 0.05) is 12.5 Å². The summed E-state index contributed by atoms with van der Waals surface area (Å²) in [5.74, 6) is 0.466. The summed E-state index contributed by atoms with van der Waals surface area (Å²) in [5, 5.41) is 0. The van der Waals surface area contributed by atoms with E-state index in [9.17, 15) is 9.59 Å². The van der Waals surface area contributed by atoms with Crippen molar-refractivity contribution in [1.82, 2.24) is 0 Å². The molecule has 0 saturated carbocycles. The molecular weight excluding hydrogens is 272 g/mol. The van der Waals surface area contributed by atoms with Gasteiger partial charge in [-0.3, -0.25) is 9.59 Å². The quantitative estimate of drug-likeness (QED) is 0.798. The second kappa shape index (κ2) is 5.76. The molecule has 0 aromatic heterocycles. The average Bonchev–Trinajstić information content (AvgIpc) is 2.45. The first-order valence-corrected chi connectivity index (χ1v) is 6.87. The zero-order chi connectivity index (χ0) is 15.6. The highest BCUT2D eigenvalue weighted by Gasteiger charge is 2.43. The molecule has 5 nitrogen and oxygen atoms in total. The zero-order valence-electron chi connectivity index (χ0n) is 12.8. The van der Waals surface area contributed by atoms with Gasteiger partial charge in [-0.05, 0) is 32.4 Å². The van der Waals surface area contributed by atoms with Crippen molar-refractivity contribution in [3.63, 3.8) is 0 Å². The number of Topliss-reactive ketones (excluding diaryl/α,β-unsaturated/α-hetero) is 1. The van der Waals surface area contributed by atoms with Crippen molar-refractivity contribution in [2.75, 3.05) is 14.2 Å². The molecular formula is C16H20O5. The Bertz CT molecular complexity index is 562. The lowest BCUT2D eigenvalue weighted by Crippen LogP contribution is -2.46. The van der Waals surface area contributed by atoms with E-state index >= 15 is 0 Å². The number of carbonyl (C=O) groups is 2. The number of benzene rings is 1. The number of esters is 1. The van der Waals surface area contributed by atoms with Crippen molar-refractivity contribution in [2.45, 2.75) is 32.3 Å². The Balaban J connectivity index is 2.28. The Morgan fingerprint density at radius 1 is 1.33 bits per heavy atom. The maximum atomic E-state index is 12.7. The molecule has 1 unspecified atom stereocenters. The Morgan fingerprint density at radius 2 is 2.05 bits per heavy atom. The molecule has 1 aromatic rings. The number of hydrogen-bond donors (Lipinski definition) is 0. The first kappa shape index (κ1) is 15.4. The summed E-state index contributed by atoms with van der Waals surface area (Å²) in [7, 11) is 2.91. The number of carbonyl (C=O) groups excluding carboxylic acids is 2. The second-order valence-corrected chi connectivity index (χ2v) is 5.60. The van der Waals surface area contributed by atoms with Crippen LogP contribution in [-0.4, -0.2) is 31.6 Å². The Hall–Kier alpha value is -2.04. The van der Waals surface area contributed by atoms with Gasteiger partial charge in [0.2, 0.25) is 0 Å².